The van der Waals surface area contributed by atoms with Gasteiger partial charge in [0.05, 0.1) is 0 Å². The summed E-state index contributed by atoms with van der Waals surface area (Å²) in [5.41, 5.74) is 5.99. The van der Waals surface area contributed by atoms with Crippen molar-refractivity contribution >= 4 is 0 Å². The predicted molar refractivity (Wildman–Crippen MR) is 66.9 cm³/mol. The minimum absolute atomic E-state index is 0.437. The van der Waals surface area contributed by atoms with Crippen LogP contribution >= 0.6 is 0 Å². The number of nitrogens with one attached hydrogen (secondary N) is 1. The van der Waals surface area contributed by atoms with Crippen molar-refractivity contribution < 1.29 is 0 Å². The van der Waals surface area contributed by atoms with Crippen LogP contribution in [-0.4, -0.2) is 18.1 Å². The van der Waals surface area contributed by atoms with Gasteiger partial charge < -0.3 is 11.1 Å². The van der Waals surface area contributed by atoms with Crippen molar-refractivity contribution in [1.82, 2.24) is 5.32 Å². The molecule has 2 heteroatoms. The molecular weight excluding hydrogens is 184 g/mol. The summed E-state index contributed by atoms with van der Waals surface area (Å²) in [7, 11) is 0. The lowest BCUT2D eigenvalue weighted by Gasteiger charge is -2.30. The SMILES string of the molecule is CCC(C)CC(C)NC1CCCC(N)C1. The molecule has 4 atom stereocenters. The molecule has 3 N–H and O–H groups in total. The highest BCUT2D eigenvalue weighted by Gasteiger charge is 2.20. The summed E-state index contributed by atoms with van der Waals surface area (Å²) < 4.78 is 0. The van der Waals surface area contributed by atoms with E-state index in [1.54, 1.807) is 0 Å². The van der Waals surface area contributed by atoms with Gasteiger partial charge in [0.15, 0.2) is 0 Å². The zero-order chi connectivity index (χ0) is 11.3. The molecule has 0 aliphatic heterocycles. The lowest BCUT2D eigenvalue weighted by Crippen LogP contribution is -2.43. The Labute approximate surface area is 95.0 Å². The Hall–Kier alpha value is -0.0800. The number of rotatable bonds is 5. The molecule has 0 amide bonds. The largest absolute Gasteiger partial charge is 0.328 e. The molecule has 0 aromatic rings. The Kier molecular flexibility index (Phi) is 5.62. The first-order valence-corrected chi connectivity index (χ1v) is 6.63. The molecule has 1 aliphatic rings. The van der Waals surface area contributed by atoms with Crippen LogP contribution in [0, 0.1) is 5.92 Å². The normalized spacial score (nSPS) is 31.2. The van der Waals surface area contributed by atoms with Crippen molar-refractivity contribution in [2.75, 3.05) is 0 Å². The quantitative estimate of drug-likeness (QED) is 0.735. The molecule has 0 saturated heterocycles. The van der Waals surface area contributed by atoms with E-state index >= 15 is 0 Å². The van der Waals surface area contributed by atoms with E-state index in [0.717, 1.165) is 5.92 Å². The second kappa shape index (κ2) is 6.49. The molecule has 1 rings (SSSR count). The summed E-state index contributed by atoms with van der Waals surface area (Å²) in [4.78, 5) is 0. The van der Waals surface area contributed by atoms with E-state index in [1.165, 1.54) is 38.5 Å². The van der Waals surface area contributed by atoms with Crippen molar-refractivity contribution in [2.24, 2.45) is 11.7 Å². The molecule has 4 unspecified atom stereocenters. The van der Waals surface area contributed by atoms with Gasteiger partial charge in [0.25, 0.3) is 0 Å². The minimum atomic E-state index is 0.437. The van der Waals surface area contributed by atoms with Gasteiger partial charge in [-0.05, 0) is 38.5 Å². The Bertz CT molecular complexity index is 170. The Morgan fingerprint density at radius 1 is 1.33 bits per heavy atom. The zero-order valence-electron chi connectivity index (χ0n) is 10.6. The van der Waals surface area contributed by atoms with Crippen molar-refractivity contribution in [1.29, 1.82) is 0 Å². The number of hydrogen-bond acceptors (Lipinski definition) is 2. The smallest absolute Gasteiger partial charge is 0.00842 e. The first kappa shape index (κ1) is 13.0. The molecule has 0 heterocycles. The molecule has 1 saturated carbocycles. The molecule has 0 radical (unpaired) electrons. The second-order valence-electron chi connectivity index (χ2n) is 5.44. The molecule has 90 valence electrons. The highest BCUT2D eigenvalue weighted by Crippen LogP contribution is 2.18. The van der Waals surface area contributed by atoms with Crippen molar-refractivity contribution in [2.45, 2.75) is 77.4 Å². The van der Waals surface area contributed by atoms with E-state index in [9.17, 15) is 0 Å². The lowest BCUT2D eigenvalue weighted by molar-refractivity contribution is 0.296. The maximum absolute atomic E-state index is 5.99. The van der Waals surface area contributed by atoms with E-state index in [-0.39, 0.29) is 0 Å². The third kappa shape index (κ3) is 4.98. The summed E-state index contributed by atoms with van der Waals surface area (Å²) in [5.74, 6) is 0.838. The van der Waals surface area contributed by atoms with Crippen LogP contribution in [0.5, 0.6) is 0 Å². The summed E-state index contributed by atoms with van der Waals surface area (Å²) in [6, 6.07) is 1.76. The van der Waals surface area contributed by atoms with Crippen LogP contribution in [0.1, 0.15) is 59.3 Å². The first-order chi connectivity index (χ1) is 7.11. The van der Waals surface area contributed by atoms with Gasteiger partial charge in [0.2, 0.25) is 0 Å². The maximum Gasteiger partial charge on any atom is 0.00842 e. The summed E-state index contributed by atoms with van der Waals surface area (Å²) in [6.07, 6.45) is 7.59. The fourth-order valence-corrected chi connectivity index (χ4v) is 2.62. The summed E-state index contributed by atoms with van der Waals surface area (Å²) in [6.45, 7) is 6.92. The van der Waals surface area contributed by atoms with E-state index in [1.807, 2.05) is 0 Å². The molecule has 0 spiro atoms. The zero-order valence-corrected chi connectivity index (χ0v) is 10.6. The third-order valence-electron chi connectivity index (χ3n) is 3.69. The van der Waals surface area contributed by atoms with Crippen LogP contribution < -0.4 is 11.1 Å². The molecule has 2 nitrogen and oxygen atoms in total. The van der Waals surface area contributed by atoms with Gasteiger partial charge in [-0.3, -0.25) is 0 Å². The molecule has 1 fully saturated rings. The topological polar surface area (TPSA) is 38.0 Å². The number of nitrogens with two attached hydrogens (primary N) is 1. The molecule has 0 bridgehead atoms. The van der Waals surface area contributed by atoms with E-state index in [2.05, 4.69) is 26.1 Å². The van der Waals surface area contributed by atoms with Gasteiger partial charge in [-0.1, -0.05) is 26.7 Å². The highest BCUT2D eigenvalue weighted by atomic mass is 15.0. The van der Waals surface area contributed by atoms with Crippen LogP contribution in [-0.2, 0) is 0 Å². The Balaban J connectivity index is 2.21. The van der Waals surface area contributed by atoms with E-state index in [4.69, 9.17) is 5.73 Å². The maximum atomic E-state index is 5.99. The molecule has 1 aliphatic carbocycles. The van der Waals surface area contributed by atoms with Crippen LogP contribution in [0.3, 0.4) is 0 Å². The van der Waals surface area contributed by atoms with Crippen molar-refractivity contribution in [3.05, 3.63) is 0 Å². The average molecular weight is 212 g/mol. The van der Waals surface area contributed by atoms with Crippen molar-refractivity contribution in [3.63, 3.8) is 0 Å². The first-order valence-electron chi connectivity index (χ1n) is 6.63. The van der Waals surface area contributed by atoms with E-state index in [0.29, 0.717) is 18.1 Å². The average Bonchev–Trinajstić information content (AvgIpc) is 2.17. The molecular formula is C13H28N2. The fourth-order valence-electron chi connectivity index (χ4n) is 2.62. The van der Waals surface area contributed by atoms with Crippen LogP contribution in [0.15, 0.2) is 0 Å². The van der Waals surface area contributed by atoms with Gasteiger partial charge in [0, 0.05) is 18.1 Å². The second-order valence-corrected chi connectivity index (χ2v) is 5.44. The summed E-state index contributed by atoms with van der Waals surface area (Å²) >= 11 is 0. The monoisotopic (exact) mass is 212 g/mol. The minimum Gasteiger partial charge on any atom is -0.328 e. The molecule has 0 aromatic carbocycles. The third-order valence-corrected chi connectivity index (χ3v) is 3.69. The van der Waals surface area contributed by atoms with E-state index < -0.39 is 0 Å². The van der Waals surface area contributed by atoms with Gasteiger partial charge >= 0.3 is 0 Å². The predicted octanol–water partition coefficient (Wildman–Crippen LogP) is 2.67. The Morgan fingerprint density at radius 3 is 2.67 bits per heavy atom. The van der Waals surface area contributed by atoms with Crippen LogP contribution in [0.25, 0.3) is 0 Å². The van der Waals surface area contributed by atoms with Gasteiger partial charge in [-0.15, -0.1) is 0 Å². The van der Waals surface area contributed by atoms with Gasteiger partial charge in [-0.25, -0.2) is 0 Å². The lowest BCUT2D eigenvalue weighted by atomic mass is 9.90. The fraction of sp³-hybridized carbons (Fsp3) is 1.00. The van der Waals surface area contributed by atoms with Crippen LogP contribution in [0.2, 0.25) is 0 Å². The van der Waals surface area contributed by atoms with Crippen LogP contribution in [0.4, 0.5) is 0 Å². The standard InChI is InChI=1S/C13H28N2/c1-4-10(2)8-11(3)15-13-7-5-6-12(14)9-13/h10-13,15H,4-9,14H2,1-3H3. The highest BCUT2D eigenvalue weighted by molar-refractivity contribution is 4.81. The van der Waals surface area contributed by atoms with Gasteiger partial charge in [0.1, 0.15) is 0 Å². The Morgan fingerprint density at radius 2 is 2.07 bits per heavy atom. The van der Waals surface area contributed by atoms with Crippen molar-refractivity contribution in [3.8, 4) is 0 Å². The summed E-state index contributed by atoms with van der Waals surface area (Å²) in [5, 5.41) is 3.73. The van der Waals surface area contributed by atoms with Gasteiger partial charge in [-0.2, -0.15) is 0 Å². The molecule has 15 heavy (non-hydrogen) atoms. The number of hydrogen-bond donors (Lipinski definition) is 2. The molecule has 0 aromatic heterocycles.